The third-order valence-electron chi connectivity index (χ3n) is 11.1. The first-order valence-corrected chi connectivity index (χ1v) is 18.9. The molecule has 0 amide bonds. The Bertz CT molecular complexity index is 2930. The summed E-state index contributed by atoms with van der Waals surface area (Å²) in [7, 11) is 0. The van der Waals surface area contributed by atoms with Gasteiger partial charge < -0.3 is 0 Å². The Morgan fingerprint density at radius 2 is 1.04 bits per heavy atom. The van der Waals surface area contributed by atoms with Crippen LogP contribution in [0.1, 0.15) is 33.4 Å². The average molecular weight is 717 g/mol. The molecule has 0 aliphatic heterocycles. The van der Waals surface area contributed by atoms with E-state index in [4.69, 9.17) is 15.4 Å². The van der Waals surface area contributed by atoms with E-state index < -0.39 is 5.41 Å². The Morgan fingerprint density at radius 3 is 1.77 bits per heavy atom. The highest BCUT2D eigenvalue weighted by Gasteiger charge is 2.46. The standard InChI is InChI=1S/C52H36N4/c53-50(39-22-16-21-38(33-39)36-17-4-1-5-18-36)55-51(37-19-6-2-7-20-37)54-35-56-48-30-15-12-27-44(48)45-32-31-41(34-49(45)56)52(40-23-8-3-9-24-40)46-28-13-10-25-42(46)43-26-11-14-29-47(43)52/h1-35,53H/b53-50?,54-35+,55-51-. The third kappa shape index (κ3) is 5.42. The summed E-state index contributed by atoms with van der Waals surface area (Å²) in [6.45, 7) is 0. The molecule has 1 N–H and O–H groups in total. The molecule has 1 aromatic heterocycles. The molecule has 0 radical (unpaired) electrons. The van der Waals surface area contributed by atoms with Gasteiger partial charge in [0.25, 0.3) is 0 Å². The molecule has 4 heteroatoms. The Balaban J connectivity index is 1.15. The fourth-order valence-electron chi connectivity index (χ4n) is 8.58. The zero-order valence-corrected chi connectivity index (χ0v) is 30.5. The normalized spacial score (nSPS) is 13.2. The number of nitrogens with one attached hydrogen (secondary N) is 1. The van der Waals surface area contributed by atoms with E-state index in [0.29, 0.717) is 5.84 Å². The Hall–Kier alpha value is -7.43. The van der Waals surface area contributed by atoms with Crippen LogP contribution >= 0.6 is 0 Å². The minimum atomic E-state index is -0.527. The zero-order valence-electron chi connectivity index (χ0n) is 30.5. The van der Waals surface area contributed by atoms with Crippen LogP contribution in [0.25, 0.3) is 44.1 Å². The van der Waals surface area contributed by atoms with Crippen molar-refractivity contribution in [1.29, 1.82) is 5.41 Å². The number of aliphatic imine (C=N–C) groups is 2. The molecule has 0 bridgehead atoms. The van der Waals surface area contributed by atoms with Gasteiger partial charge in [0.1, 0.15) is 6.34 Å². The molecule has 1 aliphatic carbocycles. The van der Waals surface area contributed by atoms with Gasteiger partial charge in [-0.25, -0.2) is 9.98 Å². The van der Waals surface area contributed by atoms with Gasteiger partial charge in [-0.3, -0.25) is 9.98 Å². The van der Waals surface area contributed by atoms with Gasteiger partial charge >= 0.3 is 0 Å². The molecular weight excluding hydrogens is 681 g/mol. The number of hydrogen-bond acceptors (Lipinski definition) is 1. The number of aromatic nitrogens is 1. The molecule has 0 fully saturated rings. The first-order valence-electron chi connectivity index (χ1n) is 18.9. The molecule has 0 saturated heterocycles. The zero-order chi connectivity index (χ0) is 37.5. The minimum Gasteiger partial charge on any atom is -0.300 e. The lowest BCUT2D eigenvalue weighted by molar-refractivity contribution is 0.769. The van der Waals surface area contributed by atoms with Gasteiger partial charge in [0, 0.05) is 21.9 Å². The highest BCUT2D eigenvalue weighted by atomic mass is 15.1. The van der Waals surface area contributed by atoms with Gasteiger partial charge in [-0.1, -0.05) is 188 Å². The SMILES string of the molecule is N=C(/N=C(\N=C\n1c2ccccc2c2ccc(C3(c4ccccc4)c4ccccc4-c4ccccc43)cc21)c1ccccc1)c1cccc(-c2ccccc2)c1. The maximum absolute atomic E-state index is 9.16. The van der Waals surface area contributed by atoms with Gasteiger partial charge in [-0.05, 0) is 62.7 Å². The van der Waals surface area contributed by atoms with E-state index in [9.17, 15) is 0 Å². The van der Waals surface area contributed by atoms with Crippen LogP contribution in [0.4, 0.5) is 0 Å². The summed E-state index contributed by atoms with van der Waals surface area (Å²) in [4.78, 5) is 9.99. The lowest BCUT2D eigenvalue weighted by Crippen LogP contribution is -2.28. The molecule has 0 saturated carbocycles. The number of amidine groups is 2. The monoisotopic (exact) mass is 716 g/mol. The van der Waals surface area contributed by atoms with Crippen LogP contribution in [0.2, 0.25) is 0 Å². The molecule has 56 heavy (non-hydrogen) atoms. The van der Waals surface area contributed by atoms with Gasteiger partial charge in [-0.15, -0.1) is 0 Å². The van der Waals surface area contributed by atoms with E-state index in [2.05, 4.69) is 144 Å². The van der Waals surface area contributed by atoms with Gasteiger partial charge in [0.2, 0.25) is 0 Å². The van der Waals surface area contributed by atoms with Gasteiger partial charge in [-0.2, -0.15) is 0 Å². The fraction of sp³-hybridized carbons (Fsp3) is 0.0192. The first kappa shape index (κ1) is 33.2. The maximum Gasteiger partial charge on any atom is 0.163 e. The molecule has 10 rings (SSSR count). The first-order chi connectivity index (χ1) is 27.7. The van der Waals surface area contributed by atoms with Crippen molar-refractivity contribution in [2.45, 2.75) is 5.41 Å². The maximum atomic E-state index is 9.16. The van der Waals surface area contributed by atoms with Crippen molar-refractivity contribution in [2.75, 3.05) is 0 Å². The lowest BCUT2D eigenvalue weighted by Gasteiger charge is -2.34. The van der Waals surface area contributed by atoms with Crippen molar-refractivity contribution in [3.8, 4) is 22.3 Å². The number of para-hydroxylation sites is 1. The van der Waals surface area contributed by atoms with Crippen LogP contribution in [0.5, 0.6) is 0 Å². The molecule has 264 valence electrons. The minimum absolute atomic E-state index is 0.145. The van der Waals surface area contributed by atoms with Crippen LogP contribution in [0.15, 0.2) is 216 Å². The lowest BCUT2D eigenvalue weighted by atomic mass is 9.67. The topological polar surface area (TPSA) is 53.5 Å². The molecular formula is C52H36N4. The van der Waals surface area contributed by atoms with Crippen LogP contribution in [0, 0.1) is 5.41 Å². The fourth-order valence-corrected chi connectivity index (χ4v) is 8.58. The van der Waals surface area contributed by atoms with Gasteiger partial charge in [0.05, 0.1) is 16.4 Å². The summed E-state index contributed by atoms with van der Waals surface area (Å²) < 4.78 is 2.18. The summed E-state index contributed by atoms with van der Waals surface area (Å²) >= 11 is 0. The number of benzene rings is 8. The smallest absolute Gasteiger partial charge is 0.163 e. The third-order valence-corrected chi connectivity index (χ3v) is 11.1. The molecule has 1 heterocycles. The number of rotatable bonds is 6. The van der Waals surface area contributed by atoms with Crippen LogP contribution < -0.4 is 0 Å². The summed E-state index contributed by atoms with van der Waals surface area (Å²) in [5.74, 6) is 0.605. The van der Waals surface area contributed by atoms with Crippen LogP contribution in [0.3, 0.4) is 0 Å². The van der Waals surface area contributed by atoms with Crippen molar-refractivity contribution in [1.82, 2.24) is 4.57 Å². The van der Waals surface area contributed by atoms with Crippen LogP contribution in [-0.4, -0.2) is 22.6 Å². The second-order valence-electron chi connectivity index (χ2n) is 14.2. The van der Waals surface area contributed by atoms with E-state index in [1.165, 1.54) is 33.4 Å². The molecule has 1 aliphatic rings. The Morgan fingerprint density at radius 1 is 0.464 bits per heavy atom. The molecule has 0 atom stereocenters. The quantitative estimate of drug-likeness (QED) is 0.132. The van der Waals surface area contributed by atoms with E-state index in [-0.39, 0.29) is 5.84 Å². The largest absolute Gasteiger partial charge is 0.300 e. The number of fused-ring (bicyclic) bond motifs is 6. The van der Waals surface area contributed by atoms with Crippen molar-refractivity contribution in [2.24, 2.45) is 9.98 Å². The average Bonchev–Trinajstić information content (AvgIpc) is 3.76. The van der Waals surface area contributed by atoms with E-state index in [1.807, 2.05) is 73.1 Å². The summed E-state index contributed by atoms with van der Waals surface area (Å²) in [6.07, 6.45) is 1.87. The highest BCUT2D eigenvalue weighted by Crippen LogP contribution is 2.56. The summed E-state index contributed by atoms with van der Waals surface area (Å²) in [5.41, 5.74) is 12.7. The van der Waals surface area contributed by atoms with Crippen molar-refractivity contribution >= 4 is 39.8 Å². The van der Waals surface area contributed by atoms with Crippen LogP contribution in [-0.2, 0) is 5.41 Å². The van der Waals surface area contributed by atoms with Crippen molar-refractivity contribution in [3.05, 3.63) is 240 Å². The molecule has 0 unspecified atom stereocenters. The summed E-state index contributed by atoms with van der Waals surface area (Å²) in [6, 6.07) is 72.1. The second kappa shape index (κ2) is 13.8. The molecule has 4 nitrogen and oxygen atoms in total. The van der Waals surface area contributed by atoms with E-state index in [1.54, 1.807) is 0 Å². The van der Waals surface area contributed by atoms with E-state index in [0.717, 1.165) is 44.1 Å². The molecule has 8 aromatic carbocycles. The van der Waals surface area contributed by atoms with E-state index >= 15 is 0 Å². The molecule has 9 aromatic rings. The summed E-state index contributed by atoms with van der Waals surface area (Å²) in [5, 5.41) is 11.4. The highest BCUT2D eigenvalue weighted by molar-refractivity contribution is 6.15. The van der Waals surface area contributed by atoms with Crippen molar-refractivity contribution in [3.63, 3.8) is 0 Å². The number of nitrogens with zero attached hydrogens (tertiary/aromatic N) is 3. The Labute approximate surface area is 325 Å². The Kier molecular flexibility index (Phi) is 8.15. The predicted octanol–water partition coefficient (Wildman–Crippen LogP) is 12.2. The van der Waals surface area contributed by atoms with Gasteiger partial charge in [0.15, 0.2) is 11.7 Å². The second-order valence-corrected chi connectivity index (χ2v) is 14.2. The van der Waals surface area contributed by atoms with Crippen molar-refractivity contribution < 1.29 is 0 Å². The predicted molar refractivity (Wildman–Crippen MR) is 232 cm³/mol. The molecule has 0 spiro atoms. The number of hydrogen-bond donors (Lipinski definition) is 1.